The van der Waals surface area contributed by atoms with Crippen LogP contribution in [0.5, 0.6) is 0 Å². The first kappa shape index (κ1) is 16.5. The monoisotopic (exact) mass is 311 g/mol. The second kappa shape index (κ2) is 7.98. The van der Waals surface area contributed by atoms with Crippen molar-refractivity contribution in [1.82, 2.24) is 9.97 Å². The molecule has 0 aliphatic carbocycles. The third-order valence-corrected chi connectivity index (χ3v) is 2.80. The van der Waals surface area contributed by atoms with Gasteiger partial charge in [-0.25, -0.2) is 0 Å². The van der Waals surface area contributed by atoms with Crippen LogP contribution in [0.1, 0.15) is 27.7 Å². The lowest BCUT2D eigenvalue weighted by atomic mass is 10.3. The second-order valence-electron chi connectivity index (χ2n) is 4.10. The van der Waals surface area contributed by atoms with Gasteiger partial charge in [0.15, 0.2) is 11.2 Å². The van der Waals surface area contributed by atoms with E-state index in [2.05, 4.69) is 15.3 Å². The highest BCUT2D eigenvalue weighted by Crippen LogP contribution is 2.24. The maximum atomic E-state index is 5.55. The summed E-state index contributed by atoms with van der Waals surface area (Å²) >= 11 is 0. The molecule has 0 unspecified atom stereocenters. The number of hydrogen-bond acceptors (Lipinski definition) is 5. The van der Waals surface area contributed by atoms with Gasteiger partial charge in [0.1, 0.15) is 11.0 Å². The first-order valence-corrected chi connectivity index (χ1v) is 7.87. The van der Waals surface area contributed by atoms with Gasteiger partial charge in [0.2, 0.25) is 0 Å². The normalized spacial score (nSPS) is 9.74. The fourth-order valence-corrected chi connectivity index (χ4v) is 1.94. The van der Waals surface area contributed by atoms with E-state index in [0.29, 0.717) is 12.0 Å². The van der Waals surface area contributed by atoms with Crippen molar-refractivity contribution in [3.8, 4) is 0 Å². The van der Waals surface area contributed by atoms with E-state index in [1.54, 1.807) is 0 Å². The molecule has 120 valence electrons. The molecule has 5 heteroatoms. The summed E-state index contributed by atoms with van der Waals surface area (Å²) in [5.74, 6) is 0. The molecule has 0 aliphatic rings. The Morgan fingerprint density at radius 3 is 1.43 bits per heavy atom. The van der Waals surface area contributed by atoms with Crippen LogP contribution in [0.4, 0.5) is 12.0 Å². The second-order valence-corrected chi connectivity index (χ2v) is 4.10. The summed E-state index contributed by atoms with van der Waals surface area (Å²) < 4.78 is 11.1. The van der Waals surface area contributed by atoms with E-state index in [0.717, 1.165) is 22.2 Å². The number of nitrogens with one attached hydrogen (secondary N) is 1. The first-order valence-electron chi connectivity index (χ1n) is 7.87. The molecule has 0 saturated carbocycles. The number of nitrogens with zero attached hydrogens (tertiary/aromatic N) is 2. The van der Waals surface area contributed by atoms with Crippen molar-refractivity contribution < 1.29 is 8.83 Å². The topological polar surface area (TPSA) is 64.1 Å². The third kappa shape index (κ3) is 3.69. The van der Waals surface area contributed by atoms with E-state index in [1.165, 1.54) is 0 Å². The summed E-state index contributed by atoms with van der Waals surface area (Å²) in [7, 11) is 0. The Hall–Kier alpha value is -2.82. The maximum absolute atomic E-state index is 5.55. The highest BCUT2D eigenvalue weighted by molar-refractivity contribution is 5.76. The van der Waals surface area contributed by atoms with Crippen molar-refractivity contribution in [2.45, 2.75) is 27.7 Å². The zero-order chi connectivity index (χ0) is 16.7. The number of oxazole rings is 2. The van der Waals surface area contributed by atoms with E-state index in [1.807, 2.05) is 76.2 Å². The van der Waals surface area contributed by atoms with Crippen LogP contribution in [0.15, 0.2) is 57.4 Å². The van der Waals surface area contributed by atoms with E-state index in [4.69, 9.17) is 8.83 Å². The van der Waals surface area contributed by atoms with Crippen LogP contribution in [-0.2, 0) is 0 Å². The van der Waals surface area contributed by atoms with Crippen LogP contribution in [0.3, 0.4) is 0 Å². The predicted molar refractivity (Wildman–Crippen MR) is 94.0 cm³/mol. The average molecular weight is 311 g/mol. The minimum atomic E-state index is 0.368. The van der Waals surface area contributed by atoms with Crippen LogP contribution >= 0.6 is 0 Å². The molecule has 0 aliphatic heterocycles. The van der Waals surface area contributed by atoms with Gasteiger partial charge in [-0.15, -0.1) is 0 Å². The number of fused-ring (bicyclic) bond motifs is 2. The lowest BCUT2D eigenvalue weighted by molar-refractivity contribution is 0.591. The van der Waals surface area contributed by atoms with Gasteiger partial charge in [0, 0.05) is 0 Å². The van der Waals surface area contributed by atoms with E-state index in [-0.39, 0.29) is 0 Å². The van der Waals surface area contributed by atoms with Crippen LogP contribution in [-0.4, -0.2) is 9.97 Å². The Morgan fingerprint density at radius 1 is 0.652 bits per heavy atom. The predicted octanol–water partition coefficient (Wildman–Crippen LogP) is 5.77. The smallest absolute Gasteiger partial charge is 0.303 e. The number of para-hydroxylation sites is 4. The Kier molecular flexibility index (Phi) is 5.74. The molecule has 5 nitrogen and oxygen atoms in total. The summed E-state index contributed by atoms with van der Waals surface area (Å²) in [6.45, 7) is 8.00. The van der Waals surface area contributed by atoms with Crippen LogP contribution in [0.2, 0.25) is 0 Å². The van der Waals surface area contributed by atoms with Crippen LogP contribution < -0.4 is 5.32 Å². The number of rotatable bonds is 2. The van der Waals surface area contributed by atoms with Gasteiger partial charge in [-0.05, 0) is 24.3 Å². The number of aromatic nitrogens is 2. The van der Waals surface area contributed by atoms with Gasteiger partial charge in [0.05, 0.1) is 0 Å². The summed E-state index contributed by atoms with van der Waals surface area (Å²) in [5.41, 5.74) is 3.03. The van der Waals surface area contributed by atoms with E-state index in [9.17, 15) is 0 Å². The van der Waals surface area contributed by atoms with E-state index >= 15 is 0 Å². The molecule has 4 rings (SSSR count). The SMILES string of the molecule is CC.CC.c1ccc2oc(Nc3nc4ccccc4o3)nc2c1. The quantitative estimate of drug-likeness (QED) is 0.509. The molecule has 0 bridgehead atoms. The average Bonchev–Trinajstić information content (AvgIpc) is 3.21. The summed E-state index contributed by atoms with van der Waals surface area (Å²) in [5, 5.41) is 2.93. The molecule has 0 amide bonds. The Bertz CT molecular complexity index is 727. The Morgan fingerprint density at radius 2 is 1.04 bits per heavy atom. The molecule has 0 atom stereocenters. The molecular formula is C18H21N3O2. The maximum Gasteiger partial charge on any atom is 0.303 e. The molecule has 2 heterocycles. The molecule has 2 aromatic heterocycles. The number of benzene rings is 2. The molecule has 0 radical (unpaired) electrons. The molecule has 0 spiro atoms. The Balaban J connectivity index is 0.000000448. The molecule has 1 N–H and O–H groups in total. The minimum Gasteiger partial charge on any atom is -0.423 e. The zero-order valence-corrected chi connectivity index (χ0v) is 13.8. The molecule has 0 saturated heterocycles. The molecule has 0 fully saturated rings. The third-order valence-electron chi connectivity index (χ3n) is 2.80. The largest absolute Gasteiger partial charge is 0.423 e. The highest BCUT2D eigenvalue weighted by Gasteiger charge is 2.09. The first-order chi connectivity index (χ1) is 11.4. The van der Waals surface area contributed by atoms with Crippen molar-refractivity contribution in [2.75, 3.05) is 5.32 Å². The fourth-order valence-electron chi connectivity index (χ4n) is 1.94. The Labute approximate surface area is 135 Å². The lowest BCUT2D eigenvalue weighted by Crippen LogP contribution is -1.89. The summed E-state index contributed by atoms with van der Waals surface area (Å²) in [6, 6.07) is 15.8. The summed E-state index contributed by atoms with van der Waals surface area (Å²) in [4.78, 5) is 8.60. The van der Waals surface area contributed by atoms with Gasteiger partial charge < -0.3 is 8.83 Å². The van der Waals surface area contributed by atoms with Crippen molar-refractivity contribution in [1.29, 1.82) is 0 Å². The number of hydrogen-bond donors (Lipinski definition) is 1. The van der Waals surface area contributed by atoms with Gasteiger partial charge in [-0.2, -0.15) is 9.97 Å². The molecule has 23 heavy (non-hydrogen) atoms. The highest BCUT2D eigenvalue weighted by atomic mass is 16.4. The van der Waals surface area contributed by atoms with Gasteiger partial charge in [0.25, 0.3) is 0 Å². The molecular weight excluding hydrogens is 290 g/mol. The minimum absolute atomic E-state index is 0.368. The summed E-state index contributed by atoms with van der Waals surface area (Å²) in [6.07, 6.45) is 0. The fraction of sp³-hybridized carbons (Fsp3) is 0.222. The van der Waals surface area contributed by atoms with Crippen molar-refractivity contribution >= 4 is 34.2 Å². The van der Waals surface area contributed by atoms with Crippen molar-refractivity contribution in [3.63, 3.8) is 0 Å². The van der Waals surface area contributed by atoms with Gasteiger partial charge in [-0.3, -0.25) is 5.32 Å². The lowest BCUT2D eigenvalue weighted by Gasteiger charge is -1.91. The molecule has 4 aromatic rings. The van der Waals surface area contributed by atoms with Crippen LogP contribution in [0.25, 0.3) is 22.2 Å². The zero-order valence-electron chi connectivity index (χ0n) is 13.8. The van der Waals surface area contributed by atoms with Crippen molar-refractivity contribution in [3.05, 3.63) is 48.5 Å². The number of anilines is 2. The van der Waals surface area contributed by atoms with Gasteiger partial charge in [-0.1, -0.05) is 52.0 Å². The standard InChI is InChI=1S/C14H9N3O2.2C2H6/c1-3-7-11-9(5-1)15-13(18-11)17-14-16-10-6-2-4-8-12(10)19-14;2*1-2/h1-8H,(H,15,16,17);2*1-2H3. The van der Waals surface area contributed by atoms with Crippen LogP contribution in [0, 0.1) is 0 Å². The molecule has 2 aromatic carbocycles. The van der Waals surface area contributed by atoms with Crippen molar-refractivity contribution in [2.24, 2.45) is 0 Å². The van der Waals surface area contributed by atoms with E-state index < -0.39 is 0 Å². The van der Waals surface area contributed by atoms with Gasteiger partial charge >= 0.3 is 12.0 Å².